The minimum absolute atomic E-state index is 0.126. The normalized spacial score (nSPS) is 13.4. The fraction of sp³-hybridized carbons (Fsp3) is 0.188. The molecule has 4 heteroatoms. The first-order valence-electron chi connectivity index (χ1n) is 6.49. The second kappa shape index (κ2) is 4.89. The van der Waals surface area contributed by atoms with Crippen molar-refractivity contribution < 1.29 is 9.53 Å². The molecule has 1 aliphatic rings. The number of hydrogen-bond acceptors (Lipinski definition) is 3. The van der Waals surface area contributed by atoms with Gasteiger partial charge in [0.1, 0.15) is 5.75 Å². The van der Waals surface area contributed by atoms with Crippen LogP contribution in [0.2, 0.25) is 0 Å². The van der Waals surface area contributed by atoms with Crippen molar-refractivity contribution in [3.63, 3.8) is 0 Å². The standard InChI is InChI=1S/C16H16N2O2/c1-20-15-7-6-11(8-13(15)17)10-18-14-5-3-2-4-12(14)9-16(18)19/h2-8H,9-10,17H2,1H3. The van der Waals surface area contributed by atoms with Crippen LogP contribution in [-0.2, 0) is 17.8 Å². The topological polar surface area (TPSA) is 55.6 Å². The van der Waals surface area contributed by atoms with Gasteiger partial charge in [-0.1, -0.05) is 24.3 Å². The number of methoxy groups -OCH3 is 1. The van der Waals surface area contributed by atoms with Gasteiger partial charge >= 0.3 is 0 Å². The first-order chi connectivity index (χ1) is 9.69. The van der Waals surface area contributed by atoms with Gasteiger partial charge in [-0.3, -0.25) is 4.79 Å². The third-order valence-electron chi connectivity index (χ3n) is 3.56. The van der Waals surface area contributed by atoms with Crippen molar-refractivity contribution in [1.29, 1.82) is 0 Å². The van der Waals surface area contributed by atoms with Gasteiger partial charge < -0.3 is 15.4 Å². The third-order valence-corrected chi connectivity index (χ3v) is 3.56. The number of carbonyl (C=O) groups is 1. The molecule has 0 fully saturated rings. The molecule has 1 aliphatic heterocycles. The van der Waals surface area contributed by atoms with Crippen LogP contribution >= 0.6 is 0 Å². The second-order valence-corrected chi connectivity index (χ2v) is 4.86. The summed E-state index contributed by atoms with van der Waals surface area (Å²) in [6.45, 7) is 0.532. The van der Waals surface area contributed by atoms with Crippen LogP contribution < -0.4 is 15.4 Å². The molecule has 2 aromatic carbocycles. The Labute approximate surface area is 117 Å². The number of nitrogen functional groups attached to an aromatic ring is 1. The molecule has 0 bridgehead atoms. The van der Waals surface area contributed by atoms with E-state index in [1.54, 1.807) is 12.0 Å². The van der Waals surface area contributed by atoms with E-state index in [0.29, 0.717) is 24.4 Å². The molecule has 0 saturated heterocycles. The maximum atomic E-state index is 12.1. The smallest absolute Gasteiger partial charge is 0.231 e. The molecule has 3 rings (SSSR count). The highest BCUT2D eigenvalue weighted by atomic mass is 16.5. The fourth-order valence-corrected chi connectivity index (χ4v) is 2.55. The molecule has 4 nitrogen and oxygen atoms in total. The number of benzene rings is 2. The van der Waals surface area contributed by atoms with E-state index < -0.39 is 0 Å². The number of fused-ring (bicyclic) bond motifs is 1. The largest absolute Gasteiger partial charge is 0.495 e. The van der Waals surface area contributed by atoms with Gasteiger partial charge in [0.05, 0.1) is 25.8 Å². The molecule has 0 radical (unpaired) electrons. The molecule has 0 unspecified atom stereocenters. The maximum Gasteiger partial charge on any atom is 0.231 e. The molecular formula is C16H16N2O2. The number of nitrogens with zero attached hydrogens (tertiary/aromatic N) is 1. The summed E-state index contributed by atoms with van der Waals surface area (Å²) in [4.78, 5) is 13.9. The summed E-state index contributed by atoms with van der Waals surface area (Å²) in [6.07, 6.45) is 0.474. The van der Waals surface area contributed by atoms with Crippen LogP contribution in [0, 0.1) is 0 Å². The number of para-hydroxylation sites is 1. The number of amides is 1. The predicted octanol–water partition coefficient (Wildman–Crippen LogP) is 2.37. The Morgan fingerprint density at radius 1 is 1.25 bits per heavy atom. The van der Waals surface area contributed by atoms with Crippen LogP contribution in [0.4, 0.5) is 11.4 Å². The zero-order valence-electron chi connectivity index (χ0n) is 11.3. The predicted molar refractivity (Wildman–Crippen MR) is 78.7 cm³/mol. The average Bonchev–Trinajstić information content (AvgIpc) is 2.76. The first kappa shape index (κ1) is 12.5. The van der Waals surface area contributed by atoms with Crippen molar-refractivity contribution in [2.24, 2.45) is 0 Å². The number of carbonyl (C=O) groups excluding carboxylic acids is 1. The highest BCUT2D eigenvalue weighted by Crippen LogP contribution is 2.31. The van der Waals surface area contributed by atoms with Crippen LogP contribution in [0.25, 0.3) is 0 Å². The SMILES string of the molecule is COc1ccc(CN2C(=O)Cc3ccccc32)cc1N. The molecular weight excluding hydrogens is 252 g/mol. The minimum Gasteiger partial charge on any atom is -0.495 e. The van der Waals surface area contributed by atoms with Crippen LogP contribution in [0.1, 0.15) is 11.1 Å². The van der Waals surface area contributed by atoms with Gasteiger partial charge in [-0.05, 0) is 29.3 Å². The zero-order valence-corrected chi connectivity index (χ0v) is 11.3. The Balaban J connectivity index is 1.88. The van der Waals surface area contributed by atoms with E-state index in [4.69, 9.17) is 10.5 Å². The van der Waals surface area contributed by atoms with Gasteiger partial charge in [-0.25, -0.2) is 0 Å². The summed E-state index contributed by atoms with van der Waals surface area (Å²) in [5.41, 5.74) is 9.56. The lowest BCUT2D eigenvalue weighted by atomic mass is 10.1. The van der Waals surface area contributed by atoms with Crippen LogP contribution in [0.5, 0.6) is 5.75 Å². The molecule has 0 spiro atoms. The molecule has 1 heterocycles. The lowest BCUT2D eigenvalue weighted by Gasteiger charge is -2.18. The maximum absolute atomic E-state index is 12.1. The summed E-state index contributed by atoms with van der Waals surface area (Å²) in [5.74, 6) is 0.780. The monoisotopic (exact) mass is 268 g/mol. The van der Waals surface area contributed by atoms with Gasteiger partial charge in [-0.15, -0.1) is 0 Å². The van der Waals surface area contributed by atoms with Crippen LogP contribution in [0.15, 0.2) is 42.5 Å². The Bertz CT molecular complexity index is 667. The molecule has 0 saturated carbocycles. The van der Waals surface area contributed by atoms with E-state index in [1.807, 2.05) is 42.5 Å². The van der Waals surface area contributed by atoms with Crippen molar-refractivity contribution in [2.45, 2.75) is 13.0 Å². The quantitative estimate of drug-likeness (QED) is 0.869. The molecule has 0 aromatic heterocycles. The summed E-state index contributed by atoms with van der Waals surface area (Å²) in [5, 5.41) is 0. The van der Waals surface area contributed by atoms with E-state index in [2.05, 4.69) is 0 Å². The highest BCUT2D eigenvalue weighted by Gasteiger charge is 2.26. The molecule has 0 aliphatic carbocycles. The molecule has 20 heavy (non-hydrogen) atoms. The lowest BCUT2D eigenvalue weighted by Crippen LogP contribution is -2.26. The Hall–Kier alpha value is -2.49. The summed E-state index contributed by atoms with van der Waals surface area (Å²) < 4.78 is 5.14. The van der Waals surface area contributed by atoms with Crippen LogP contribution in [-0.4, -0.2) is 13.0 Å². The summed E-state index contributed by atoms with van der Waals surface area (Å²) >= 11 is 0. The summed E-state index contributed by atoms with van der Waals surface area (Å²) in [6, 6.07) is 13.5. The Kier molecular flexibility index (Phi) is 3.06. The van der Waals surface area contributed by atoms with Crippen molar-refractivity contribution in [1.82, 2.24) is 0 Å². The molecule has 2 N–H and O–H groups in total. The zero-order chi connectivity index (χ0) is 14.1. The number of anilines is 2. The lowest BCUT2D eigenvalue weighted by molar-refractivity contribution is -0.117. The van der Waals surface area contributed by atoms with Gasteiger partial charge in [-0.2, -0.15) is 0 Å². The Morgan fingerprint density at radius 2 is 2.05 bits per heavy atom. The van der Waals surface area contributed by atoms with Gasteiger partial charge in [0.2, 0.25) is 5.91 Å². The molecule has 102 valence electrons. The van der Waals surface area contributed by atoms with E-state index in [-0.39, 0.29) is 5.91 Å². The van der Waals surface area contributed by atoms with Crippen molar-refractivity contribution >= 4 is 17.3 Å². The van der Waals surface area contributed by atoms with Gasteiger partial charge in [0.15, 0.2) is 0 Å². The number of nitrogens with two attached hydrogens (primary N) is 1. The van der Waals surface area contributed by atoms with Gasteiger partial charge in [0.25, 0.3) is 0 Å². The van der Waals surface area contributed by atoms with E-state index in [1.165, 1.54) is 0 Å². The third kappa shape index (κ3) is 2.09. The molecule has 2 aromatic rings. The number of ether oxygens (including phenoxy) is 1. The van der Waals surface area contributed by atoms with E-state index in [9.17, 15) is 4.79 Å². The second-order valence-electron chi connectivity index (χ2n) is 4.86. The van der Waals surface area contributed by atoms with Gasteiger partial charge in [0, 0.05) is 5.69 Å². The minimum atomic E-state index is 0.126. The molecule has 0 atom stereocenters. The van der Waals surface area contributed by atoms with Crippen molar-refractivity contribution in [3.05, 3.63) is 53.6 Å². The van der Waals surface area contributed by atoms with E-state index in [0.717, 1.165) is 16.8 Å². The first-order valence-corrected chi connectivity index (χ1v) is 6.49. The van der Waals surface area contributed by atoms with E-state index >= 15 is 0 Å². The summed E-state index contributed by atoms with van der Waals surface area (Å²) in [7, 11) is 1.59. The fourth-order valence-electron chi connectivity index (χ4n) is 2.55. The van der Waals surface area contributed by atoms with Crippen molar-refractivity contribution in [2.75, 3.05) is 17.7 Å². The van der Waals surface area contributed by atoms with Crippen molar-refractivity contribution in [3.8, 4) is 5.75 Å². The average molecular weight is 268 g/mol. The number of hydrogen-bond donors (Lipinski definition) is 1. The number of rotatable bonds is 3. The van der Waals surface area contributed by atoms with Crippen LogP contribution in [0.3, 0.4) is 0 Å². The Morgan fingerprint density at radius 3 is 2.80 bits per heavy atom. The highest BCUT2D eigenvalue weighted by molar-refractivity contribution is 6.01. The molecule has 1 amide bonds.